The second kappa shape index (κ2) is 11.7. The Morgan fingerprint density at radius 1 is 0.377 bits per heavy atom. The molecule has 2 aromatic heterocycles. The highest BCUT2D eigenvalue weighted by Crippen LogP contribution is 2.45. The van der Waals surface area contributed by atoms with Crippen LogP contribution in [-0.4, -0.2) is 4.57 Å². The summed E-state index contributed by atoms with van der Waals surface area (Å²) in [4.78, 5) is 2.44. The minimum absolute atomic E-state index is 0.909. The highest BCUT2D eigenvalue weighted by molar-refractivity contribution is 6.17. The molecule has 0 N–H and O–H groups in total. The van der Waals surface area contributed by atoms with Crippen molar-refractivity contribution in [1.29, 1.82) is 0 Å². The van der Waals surface area contributed by atoms with Gasteiger partial charge in [-0.1, -0.05) is 115 Å². The van der Waals surface area contributed by atoms with Gasteiger partial charge in [-0.25, -0.2) is 0 Å². The maximum Gasteiger partial charge on any atom is 0.136 e. The van der Waals surface area contributed by atoms with E-state index in [4.69, 9.17) is 4.42 Å². The van der Waals surface area contributed by atoms with Crippen LogP contribution in [0.4, 0.5) is 17.1 Å². The molecule has 0 saturated heterocycles. The van der Waals surface area contributed by atoms with Gasteiger partial charge in [-0.2, -0.15) is 0 Å². The molecule has 0 unspecified atom stereocenters. The number of rotatable bonds is 5. The van der Waals surface area contributed by atoms with Gasteiger partial charge >= 0.3 is 0 Å². The SMILES string of the molecule is c1ccc(-c2ccc3cc(N(c4ccc5cc6oc7ccccc7c6cc5c4)c4cccc5c4c4ccccc4n5-c4ccccc4)ccc3c2)cc1. The Hall–Kier alpha value is -7.10. The second-order valence-electron chi connectivity index (χ2n) is 13.8. The number of benzene rings is 9. The first-order chi connectivity index (χ1) is 26.3. The van der Waals surface area contributed by atoms with Crippen molar-refractivity contribution in [3.8, 4) is 16.8 Å². The molecule has 11 aromatic rings. The van der Waals surface area contributed by atoms with E-state index in [0.29, 0.717) is 0 Å². The zero-order valence-electron chi connectivity index (χ0n) is 28.8. The van der Waals surface area contributed by atoms with Crippen molar-refractivity contribution in [2.75, 3.05) is 4.90 Å². The number of para-hydroxylation sites is 3. The molecule has 9 aromatic carbocycles. The fourth-order valence-electron chi connectivity index (χ4n) is 8.25. The lowest BCUT2D eigenvalue weighted by molar-refractivity contribution is 0.669. The molecule has 11 rings (SSSR count). The maximum absolute atomic E-state index is 6.27. The molecule has 3 nitrogen and oxygen atoms in total. The van der Waals surface area contributed by atoms with Gasteiger partial charge in [0.15, 0.2) is 0 Å². The van der Waals surface area contributed by atoms with Crippen LogP contribution in [0.2, 0.25) is 0 Å². The van der Waals surface area contributed by atoms with E-state index in [2.05, 4.69) is 191 Å². The number of hydrogen-bond donors (Lipinski definition) is 0. The molecule has 0 aliphatic carbocycles. The van der Waals surface area contributed by atoms with Crippen molar-refractivity contribution >= 4 is 82.4 Å². The topological polar surface area (TPSA) is 21.3 Å². The first-order valence-corrected chi connectivity index (χ1v) is 18.1. The number of furan rings is 1. The molecule has 0 bridgehead atoms. The summed E-state index contributed by atoms with van der Waals surface area (Å²) in [5, 5.41) is 9.40. The van der Waals surface area contributed by atoms with E-state index in [9.17, 15) is 0 Å². The first kappa shape index (κ1) is 29.6. The molecule has 53 heavy (non-hydrogen) atoms. The summed E-state index contributed by atoms with van der Waals surface area (Å²) in [7, 11) is 0. The highest BCUT2D eigenvalue weighted by Gasteiger charge is 2.22. The fourth-order valence-corrected chi connectivity index (χ4v) is 8.25. The van der Waals surface area contributed by atoms with E-state index >= 15 is 0 Å². The molecule has 0 aliphatic heterocycles. The van der Waals surface area contributed by atoms with Crippen molar-refractivity contribution in [2.24, 2.45) is 0 Å². The quantitative estimate of drug-likeness (QED) is 0.181. The first-order valence-electron chi connectivity index (χ1n) is 18.1. The highest BCUT2D eigenvalue weighted by atomic mass is 16.3. The van der Waals surface area contributed by atoms with E-state index in [0.717, 1.165) is 50.1 Å². The molecular formula is C50H32N2O. The van der Waals surface area contributed by atoms with Crippen molar-refractivity contribution in [2.45, 2.75) is 0 Å². The van der Waals surface area contributed by atoms with Crippen LogP contribution in [0.15, 0.2) is 199 Å². The van der Waals surface area contributed by atoms with Crippen LogP contribution in [0.1, 0.15) is 0 Å². The van der Waals surface area contributed by atoms with Crippen molar-refractivity contribution in [3.05, 3.63) is 194 Å². The van der Waals surface area contributed by atoms with Crippen LogP contribution < -0.4 is 4.90 Å². The van der Waals surface area contributed by atoms with Gasteiger partial charge in [-0.3, -0.25) is 0 Å². The summed E-state index contributed by atoms with van der Waals surface area (Å²) in [6, 6.07) is 69.9. The lowest BCUT2D eigenvalue weighted by Crippen LogP contribution is -2.10. The van der Waals surface area contributed by atoms with E-state index in [-0.39, 0.29) is 0 Å². The lowest BCUT2D eigenvalue weighted by Gasteiger charge is -2.27. The Kier molecular flexibility index (Phi) is 6.55. The third-order valence-electron chi connectivity index (χ3n) is 10.7. The number of fused-ring (bicyclic) bond motifs is 8. The average molecular weight is 677 g/mol. The van der Waals surface area contributed by atoms with E-state index in [1.165, 1.54) is 49.1 Å². The second-order valence-corrected chi connectivity index (χ2v) is 13.8. The summed E-state index contributed by atoms with van der Waals surface area (Å²) in [5.74, 6) is 0. The van der Waals surface area contributed by atoms with Crippen LogP contribution in [0.5, 0.6) is 0 Å². The smallest absolute Gasteiger partial charge is 0.136 e. The van der Waals surface area contributed by atoms with Gasteiger partial charge in [-0.05, 0) is 112 Å². The van der Waals surface area contributed by atoms with Crippen molar-refractivity contribution in [1.82, 2.24) is 4.57 Å². The number of aromatic nitrogens is 1. The molecule has 0 aliphatic rings. The van der Waals surface area contributed by atoms with Crippen LogP contribution in [0.25, 0.3) is 82.1 Å². The minimum atomic E-state index is 0.909. The van der Waals surface area contributed by atoms with Gasteiger partial charge < -0.3 is 13.9 Å². The monoisotopic (exact) mass is 676 g/mol. The largest absolute Gasteiger partial charge is 0.456 e. The zero-order valence-corrected chi connectivity index (χ0v) is 28.8. The third-order valence-corrected chi connectivity index (χ3v) is 10.7. The van der Waals surface area contributed by atoms with Crippen LogP contribution in [0.3, 0.4) is 0 Å². The van der Waals surface area contributed by atoms with E-state index in [1.807, 2.05) is 12.1 Å². The van der Waals surface area contributed by atoms with Gasteiger partial charge in [0.1, 0.15) is 11.2 Å². The van der Waals surface area contributed by atoms with Crippen LogP contribution in [-0.2, 0) is 0 Å². The molecule has 0 atom stereocenters. The average Bonchev–Trinajstić information content (AvgIpc) is 3.76. The fraction of sp³-hybridized carbons (Fsp3) is 0. The van der Waals surface area contributed by atoms with Crippen molar-refractivity contribution < 1.29 is 4.42 Å². The Balaban J connectivity index is 1.17. The van der Waals surface area contributed by atoms with Crippen LogP contribution >= 0.6 is 0 Å². The molecule has 0 radical (unpaired) electrons. The van der Waals surface area contributed by atoms with E-state index in [1.54, 1.807) is 0 Å². The molecule has 0 amide bonds. The zero-order chi connectivity index (χ0) is 34.9. The maximum atomic E-state index is 6.27. The van der Waals surface area contributed by atoms with Gasteiger partial charge in [0.2, 0.25) is 0 Å². The Morgan fingerprint density at radius 3 is 1.85 bits per heavy atom. The number of hydrogen-bond acceptors (Lipinski definition) is 2. The Morgan fingerprint density at radius 2 is 1.02 bits per heavy atom. The summed E-state index contributed by atoms with van der Waals surface area (Å²) in [6.07, 6.45) is 0. The standard InChI is InChI=1S/C50H32N2O/c1-3-12-33(13-4-1)34-22-23-36-29-40(26-24-35(36)28-34)51(41-27-25-37-32-49-44(31-38(37)30-41)42-16-8-10-21-48(42)53-49)46-19-11-20-47-50(46)43-17-7-9-18-45(43)52(47)39-14-5-2-6-15-39/h1-32H. The number of anilines is 3. The van der Waals surface area contributed by atoms with Gasteiger partial charge in [0, 0.05) is 38.6 Å². The normalized spacial score (nSPS) is 11.8. The van der Waals surface area contributed by atoms with E-state index < -0.39 is 0 Å². The molecule has 2 heterocycles. The lowest BCUT2D eigenvalue weighted by atomic mass is 10.00. The minimum Gasteiger partial charge on any atom is -0.456 e. The Bertz CT molecular complexity index is 3170. The molecule has 0 fully saturated rings. The van der Waals surface area contributed by atoms with Gasteiger partial charge in [0.25, 0.3) is 0 Å². The summed E-state index contributed by atoms with van der Waals surface area (Å²) < 4.78 is 8.66. The molecule has 0 saturated carbocycles. The molecule has 3 heteroatoms. The molecule has 0 spiro atoms. The van der Waals surface area contributed by atoms with Crippen LogP contribution in [0, 0.1) is 0 Å². The number of nitrogens with zero attached hydrogens (tertiary/aromatic N) is 2. The van der Waals surface area contributed by atoms with Gasteiger partial charge in [0.05, 0.1) is 16.7 Å². The Labute approximate surface area is 306 Å². The van der Waals surface area contributed by atoms with Crippen molar-refractivity contribution in [3.63, 3.8) is 0 Å². The summed E-state index contributed by atoms with van der Waals surface area (Å²) in [5.41, 5.74) is 11.1. The molecular weight excluding hydrogens is 645 g/mol. The summed E-state index contributed by atoms with van der Waals surface area (Å²) >= 11 is 0. The summed E-state index contributed by atoms with van der Waals surface area (Å²) in [6.45, 7) is 0. The predicted octanol–water partition coefficient (Wildman–Crippen LogP) is 14.1. The van der Waals surface area contributed by atoms with Gasteiger partial charge in [-0.15, -0.1) is 0 Å². The molecule has 248 valence electrons. The third kappa shape index (κ3) is 4.75. The predicted molar refractivity (Wildman–Crippen MR) is 223 cm³/mol.